The van der Waals surface area contributed by atoms with Crippen LogP contribution in [0.1, 0.15) is 245 Å². The smallest absolute Gasteiger partial charge is 0.305 e. The van der Waals surface area contributed by atoms with Gasteiger partial charge in [0.1, 0.15) is 0 Å². The van der Waals surface area contributed by atoms with Gasteiger partial charge in [0.2, 0.25) is 0 Å². The van der Waals surface area contributed by atoms with E-state index in [1.54, 1.807) is 0 Å². The highest BCUT2D eigenvalue weighted by atomic mass is 16.5. The highest BCUT2D eigenvalue weighted by Crippen LogP contribution is 2.17. The SMILES string of the molecule is CCCCC=CCCCCCCCC(=O)OCCCCCCCCCCCCCCCCCCCCCCCCCC(C)CC. The van der Waals surface area contributed by atoms with Gasteiger partial charge in [0.05, 0.1) is 6.61 Å². The lowest BCUT2D eigenvalue weighted by atomic mass is 9.99. The van der Waals surface area contributed by atoms with E-state index in [4.69, 9.17) is 4.74 Å². The van der Waals surface area contributed by atoms with Crippen molar-refractivity contribution in [1.29, 1.82) is 0 Å². The first-order valence-corrected chi connectivity index (χ1v) is 21.0. The van der Waals surface area contributed by atoms with E-state index in [2.05, 4.69) is 32.9 Å². The van der Waals surface area contributed by atoms with Crippen molar-refractivity contribution in [2.24, 2.45) is 5.92 Å². The van der Waals surface area contributed by atoms with Gasteiger partial charge in [-0.3, -0.25) is 4.79 Å². The molecule has 268 valence electrons. The van der Waals surface area contributed by atoms with Crippen molar-refractivity contribution in [2.75, 3.05) is 6.61 Å². The number of esters is 1. The zero-order valence-electron chi connectivity index (χ0n) is 31.5. The van der Waals surface area contributed by atoms with Crippen molar-refractivity contribution in [3.8, 4) is 0 Å². The average Bonchev–Trinajstić information content (AvgIpc) is 3.05. The maximum Gasteiger partial charge on any atom is 0.305 e. The van der Waals surface area contributed by atoms with Crippen molar-refractivity contribution in [3.05, 3.63) is 12.2 Å². The quantitative estimate of drug-likeness (QED) is 0.0384. The van der Waals surface area contributed by atoms with E-state index >= 15 is 0 Å². The predicted molar refractivity (Wildman–Crippen MR) is 202 cm³/mol. The third-order valence-electron chi connectivity index (χ3n) is 9.94. The van der Waals surface area contributed by atoms with Gasteiger partial charge in [-0.25, -0.2) is 0 Å². The average molecular weight is 633 g/mol. The van der Waals surface area contributed by atoms with E-state index in [1.165, 1.54) is 199 Å². The Morgan fingerprint density at radius 1 is 0.467 bits per heavy atom. The van der Waals surface area contributed by atoms with Crippen LogP contribution in [-0.4, -0.2) is 12.6 Å². The van der Waals surface area contributed by atoms with E-state index in [-0.39, 0.29) is 5.97 Å². The molecular formula is C43H84O2. The molecule has 1 unspecified atom stereocenters. The number of allylic oxidation sites excluding steroid dienone is 2. The summed E-state index contributed by atoms with van der Waals surface area (Å²) in [4.78, 5) is 11.9. The van der Waals surface area contributed by atoms with E-state index in [1.807, 2.05) is 0 Å². The van der Waals surface area contributed by atoms with Gasteiger partial charge in [-0.1, -0.05) is 219 Å². The molecule has 0 spiro atoms. The highest BCUT2D eigenvalue weighted by Gasteiger charge is 2.03. The molecule has 2 heteroatoms. The third kappa shape index (κ3) is 39.3. The molecule has 0 rings (SSSR count). The van der Waals surface area contributed by atoms with Gasteiger partial charge in [-0.15, -0.1) is 0 Å². The second-order valence-electron chi connectivity index (χ2n) is 14.6. The minimum absolute atomic E-state index is 0.0169. The summed E-state index contributed by atoms with van der Waals surface area (Å²) in [6.07, 6.45) is 51.6. The Morgan fingerprint density at radius 3 is 1.24 bits per heavy atom. The summed E-state index contributed by atoms with van der Waals surface area (Å²) >= 11 is 0. The fraction of sp³-hybridized carbons (Fsp3) is 0.930. The monoisotopic (exact) mass is 633 g/mol. The van der Waals surface area contributed by atoms with Crippen molar-refractivity contribution in [1.82, 2.24) is 0 Å². The molecule has 0 bridgehead atoms. The van der Waals surface area contributed by atoms with Crippen LogP contribution < -0.4 is 0 Å². The maximum atomic E-state index is 11.9. The molecule has 0 saturated carbocycles. The molecule has 0 N–H and O–H groups in total. The summed E-state index contributed by atoms with van der Waals surface area (Å²) in [6.45, 7) is 7.59. The number of unbranched alkanes of at least 4 members (excludes halogenated alkanes) is 29. The molecule has 0 radical (unpaired) electrons. The second-order valence-corrected chi connectivity index (χ2v) is 14.6. The summed E-state index contributed by atoms with van der Waals surface area (Å²) in [5.74, 6) is 0.954. The Kier molecular flexibility index (Phi) is 38.7. The molecule has 0 fully saturated rings. The van der Waals surface area contributed by atoms with Crippen LogP contribution in [-0.2, 0) is 9.53 Å². The second kappa shape index (κ2) is 39.4. The lowest BCUT2D eigenvalue weighted by molar-refractivity contribution is -0.143. The minimum atomic E-state index is 0.0169. The van der Waals surface area contributed by atoms with Crippen LogP contribution in [0.25, 0.3) is 0 Å². The first-order chi connectivity index (χ1) is 22.2. The van der Waals surface area contributed by atoms with E-state index in [0.717, 1.165) is 25.2 Å². The molecule has 0 aliphatic rings. The summed E-state index contributed by atoms with van der Waals surface area (Å²) in [5, 5.41) is 0. The van der Waals surface area contributed by atoms with Crippen LogP contribution in [0, 0.1) is 5.92 Å². The van der Waals surface area contributed by atoms with Crippen LogP contribution in [0.3, 0.4) is 0 Å². The topological polar surface area (TPSA) is 26.3 Å². The van der Waals surface area contributed by atoms with E-state index in [0.29, 0.717) is 13.0 Å². The molecule has 0 amide bonds. The Labute approximate surface area is 285 Å². The fourth-order valence-electron chi connectivity index (χ4n) is 6.39. The first-order valence-electron chi connectivity index (χ1n) is 21.0. The Bertz CT molecular complexity index is 582. The van der Waals surface area contributed by atoms with Crippen molar-refractivity contribution in [2.45, 2.75) is 245 Å². The number of ether oxygens (including phenoxy) is 1. The summed E-state index contributed by atoms with van der Waals surface area (Å²) < 4.78 is 5.44. The van der Waals surface area contributed by atoms with Gasteiger partial charge < -0.3 is 4.74 Å². The Hall–Kier alpha value is -0.790. The maximum absolute atomic E-state index is 11.9. The number of hydrogen-bond acceptors (Lipinski definition) is 2. The molecule has 1 atom stereocenters. The minimum Gasteiger partial charge on any atom is -0.466 e. The van der Waals surface area contributed by atoms with Gasteiger partial charge in [0.25, 0.3) is 0 Å². The highest BCUT2D eigenvalue weighted by molar-refractivity contribution is 5.69. The lowest BCUT2D eigenvalue weighted by Crippen LogP contribution is -2.05. The summed E-state index contributed by atoms with van der Waals surface area (Å²) in [6, 6.07) is 0. The summed E-state index contributed by atoms with van der Waals surface area (Å²) in [7, 11) is 0. The fourth-order valence-corrected chi connectivity index (χ4v) is 6.39. The van der Waals surface area contributed by atoms with Crippen LogP contribution in [0.2, 0.25) is 0 Å². The zero-order chi connectivity index (χ0) is 32.7. The molecule has 2 nitrogen and oxygen atoms in total. The number of carbonyl (C=O) groups excluding carboxylic acids is 1. The molecule has 0 heterocycles. The molecule has 0 aromatic rings. The summed E-state index contributed by atoms with van der Waals surface area (Å²) in [5.41, 5.74) is 0. The first kappa shape index (κ1) is 44.2. The number of carbonyl (C=O) groups is 1. The number of rotatable bonds is 38. The van der Waals surface area contributed by atoms with Crippen LogP contribution in [0.15, 0.2) is 12.2 Å². The van der Waals surface area contributed by atoms with Crippen molar-refractivity contribution >= 4 is 5.97 Å². The molecule has 0 aliphatic heterocycles. The predicted octanol–water partition coefficient (Wildman–Crippen LogP) is 15.4. The molecule has 0 aromatic carbocycles. The van der Waals surface area contributed by atoms with Gasteiger partial charge in [-0.2, -0.15) is 0 Å². The third-order valence-corrected chi connectivity index (χ3v) is 9.94. The van der Waals surface area contributed by atoms with Crippen LogP contribution in [0.5, 0.6) is 0 Å². The molecular weight excluding hydrogens is 548 g/mol. The normalized spacial score (nSPS) is 12.3. The van der Waals surface area contributed by atoms with Crippen LogP contribution >= 0.6 is 0 Å². The molecule has 0 aliphatic carbocycles. The standard InChI is InChI=1S/C43H84O2/c1-4-6-7-8-9-10-24-28-31-34-37-40-43(44)45-41-38-35-32-29-26-23-21-19-17-15-13-11-12-14-16-18-20-22-25-27-30-33-36-39-42(3)5-2/h8-9,42H,4-7,10-41H2,1-3H3. The molecule has 45 heavy (non-hydrogen) atoms. The Morgan fingerprint density at radius 2 is 0.822 bits per heavy atom. The van der Waals surface area contributed by atoms with Gasteiger partial charge >= 0.3 is 5.97 Å². The van der Waals surface area contributed by atoms with Gasteiger partial charge in [-0.05, 0) is 38.0 Å². The van der Waals surface area contributed by atoms with Crippen molar-refractivity contribution in [3.63, 3.8) is 0 Å². The zero-order valence-corrected chi connectivity index (χ0v) is 31.5. The lowest BCUT2D eigenvalue weighted by Gasteiger charge is -2.07. The molecule has 0 aromatic heterocycles. The Balaban J connectivity index is 3.15. The van der Waals surface area contributed by atoms with Crippen LogP contribution in [0.4, 0.5) is 0 Å². The van der Waals surface area contributed by atoms with Gasteiger partial charge in [0, 0.05) is 6.42 Å². The van der Waals surface area contributed by atoms with Gasteiger partial charge in [0.15, 0.2) is 0 Å². The largest absolute Gasteiger partial charge is 0.466 e. The number of hydrogen-bond donors (Lipinski definition) is 0. The van der Waals surface area contributed by atoms with Crippen molar-refractivity contribution < 1.29 is 9.53 Å². The van der Waals surface area contributed by atoms with E-state index < -0.39 is 0 Å². The molecule has 0 saturated heterocycles. The van der Waals surface area contributed by atoms with E-state index in [9.17, 15) is 4.79 Å².